The lowest BCUT2D eigenvalue weighted by molar-refractivity contribution is 1.13. The molecule has 0 saturated carbocycles. The van der Waals surface area contributed by atoms with Gasteiger partial charge in [0, 0.05) is 18.1 Å². The van der Waals surface area contributed by atoms with Gasteiger partial charge in [-0.3, -0.25) is 0 Å². The molecule has 66 valence electrons. The largest absolute Gasteiger partial charge is 0.387 e. The van der Waals surface area contributed by atoms with Gasteiger partial charge in [0.2, 0.25) is 0 Å². The number of hydrogen-bond acceptors (Lipinski definition) is 2. The minimum absolute atomic E-state index is 0.691. The molecule has 0 aliphatic rings. The predicted molar refractivity (Wildman–Crippen MR) is 54.1 cm³/mol. The van der Waals surface area contributed by atoms with Gasteiger partial charge in [0.1, 0.15) is 0 Å². The Hall–Kier alpha value is -1.46. The summed E-state index contributed by atoms with van der Waals surface area (Å²) in [5.41, 5.74) is 1.74. The summed E-state index contributed by atoms with van der Waals surface area (Å²) in [6.07, 6.45) is 1.46. The number of rotatable bonds is 2. The van der Waals surface area contributed by atoms with Gasteiger partial charge in [-0.05, 0) is 17.7 Å². The minimum atomic E-state index is 0.691. The molecule has 0 unspecified atom stereocenters. The number of benzene rings is 1. The minimum Gasteiger partial charge on any atom is -0.387 e. The summed E-state index contributed by atoms with van der Waals surface area (Å²) < 4.78 is 0. The number of nitrogens with zero attached hydrogens (tertiary/aromatic N) is 1. The Morgan fingerprint density at radius 2 is 2.08 bits per heavy atom. The Kier molecular flexibility index (Phi) is 3.36. The zero-order chi connectivity index (χ0) is 9.68. The van der Waals surface area contributed by atoms with Gasteiger partial charge < -0.3 is 5.32 Å². The third-order valence-electron chi connectivity index (χ3n) is 1.63. The SMILES string of the molecule is CN/C(=C/C#N)c1ccc(Cl)cc1. The Balaban J connectivity index is 3.01. The van der Waals surface area contributed by atoms with Gasteiger partial charge in [-0.2, -0.15) is 5.26 Å². The quantitative estimate of drug-likeness (QED) is 0.731. The fourth-order valence-electron chi connectivity index (χ4n) is 0.994. The maximum atomic E-state index is 8.49. The summed E-state index contributed by atoms with van der Waals surface area (Å²) >= 11 is 5.73. The maximum Gasteiger partial charge on any atom is 0.0933 e. The zero-order valence-electron chi connectivity index (χ0n) is 7.21. The fraction of sp³-hybridized carbons (Fsp3) is 0.100. The lowest BCUT2D eigenvalue weighted by atomic mass is 10.1. The summed E-state index contributed by atoms with van der Waals surface area (Å²) in [4.78, 5) is 0. The van der Waals surface area contributed by atoms with Gasteiger partial charge in [-0.25, -0.2) is 0 Å². The number of allylic oxidation sites excluding steroid dienone is 1. The smallest absolute Gasteiger partial charge is 0.0933 e. The monoisotopic (exact) mass is 192 g/mol. The van der Waals surface area contributed by atoms with Crippen molar-refractivity contribution < 1.29 is 0 Å². The summed E-state index contributed by atoms with van der Waals surface area (Å²) in [5.74, 6) is 0. The fourth-order valence-corrected chi connectivity index (χ4v) is 1.12. The first-order chi connectivity index (χ1) is 6.27. The lowest BCUT2D eigenvalue weighted by Gasteiger charge is -2.04. The van der Waals surface area contributed by atoms with Crippen LogP contribution in [0.1, 0.15) is 5.56 Å². The van der Waals surface area contributed by atoms with Gasteiger partial charge in [0.15, 0.2) is 0 Å². The number of hydrogen-bond donors (Lipinski definition) is 1. The molecule has 3 heteroatoms. The third kappa shape index (κ3) is 2.50. The molecule has 0 spiro atoms. The molecular formula is C10H9ClN2. The first-order valence-electron chi connectivity index (χ1n) is 3.81. The van der Waals surface area contributed by atoms with Gasteiger partial charge >= 0.3 is 0 Å². The zero-order valence-corrected chi connectivity index (χ0v) is 7.97. The summed E-state index contributed by atoms with van der Waals surface area (Å²) in [6, 6.07) is 9.28. The molecule has 0 aliphatic heterocycles. The molecule has 1 aromatic carbocycles. The number of halogens is 1. The predicted octanol–water partition coefficient (Wildman–Crippen LogP) is 2.42. The molecule has 2 nitrogen and oxygen atoms in total. The highest BCUT2D eigenvalue weighted by molar-refractivity contribution is 6.30. The third-order valence-corrected chi connectivity index (χ3v) is 1.89. The molecule has 0 aliphatic carbocycles. The molecule has 13 heavy (non-hydrogen) atoms. The highest BCUT2D eigenvalue weighted by Crippen LogP contribution is 2.14. The van der Waals surface area contributed by atoms with Crippen molar-refractivity contribution in [1.82, 2.24) is 5.32 Å². The van der Waals surface area contributed by atoms with Crippen LogP contribution in [0.25, 0.3) is 5.70 Å². The van der Waals surface area contributed by atoms with Crippen LogP contribution in [0.5, 0.6) is 0 Å². The van der Waals surface area contributed by atoms with E-state index in [4.69, 9.17) is 16.9 Å². The van der Waals surface area contributed by atoms with Crippen molar-refractivity contribution in [2.45, 2.75) is 0 Å². The van der Waals surface area contributed by atoms with Crippen LogP contribution in [0.15, 0.2) is 30.3 Å². The van der Waals surface area contributed by atoms with Crippen LogP contribution in [0.4, 0.5) is 0 Å². The van der Waals surface area contributed by atoms with E-state index < -0.39 is 0 Å². The molecular weight excluding hydrogens is 184 g/mol. The topological polar surface area (TPSA) is 35.8 Å². The Labute approximate surface area is 82.4 Å². The highest BCUT2D eigenvalue weighted by Gasteiger charge is 1.97. The first-order valence-corrected chi connectivity index (χ1v) is 4.19. The molecule has 0 heterocycles. The van der Waals surface area contributed by atoms with Crippen molar-refractivity contribution in [2.24, 2.45) is 0 Å². The standard InChI is InChI=1S/C10H9ClN2/c1-13-10(6-7-12)8-2-4-9(11)5-3-8/h2-6,13H,1H3/b10-6+. The van der Waals surface area contributed by atoms with Crippen molar-refractivity contribution in [1.29, 1.82) is 5.26 Å². The van der Waals surface area contributed by atoms with Crippen LogP contribution >= 0.6 is 11.6 Å². The first kappa shape index (κ1) is 9.63. The Bertz CT molecular complexity index is 346. The van der Waals surface area contributed by atoms with E-state index in [0.29, 0.717) is 5.02 Å². The van der Waals surface area contributed by atoms with E-state index in [1.54, 1.807) is 19.2 Å². The van der Waals surface area contributed by atoms with E-state index in [0.717, 1.165) is 11.3 Å². The number of nitrogens with one attached hydrogen (secondary N) is 1. The second-order valence-corrected chi connectivity index (χ2v) is 2.88. The van der Waals surface area contributed by atoms with Crippen LogP contribution in [0, 0.1) is 11.3 Å². The van der Waals surface area contributed by atoms with E-state index in [1.165, 1.54) is 6.08 Å². The van der Waals surface area contributed by atoms with Gasteiger partial charge in [0.05, 0.1) is 11.8 Å². The highest BCUT2D eigenvalue weighted by atomic mass is 35.5. The second-order valence-electron chi connectivity index (χ2n) is 2.44. The number of nitriles is 1. The molecule has 0 atom stereocenters. The van der Waals surface area contributed by atoms with Gasteiger partial charge in [0.25, 0.3) is 0 Å². The van der Waals surface area contributed by atoms with E-state index in [-0.39, 0.29) is 0 Å². The normalized spacial score (nSPS) is 10.7. The van der Waals surface area contributed by atoms with Gasteiger partial charge in [-0.1, -0.05) is 23.7 Å². The van der Waals surface area contributed by atoms with Crippen LogP contribution in [0.2, 0.25) is 5.02 Å². The summed E-state index contributed by atoms with van der Waals surface area (Å²) in [6.45, 7) is 0. The molecule has 0 fully saturated rings. The maximum absolute atomic E-state index is 8.49. The van der Waals surface area contributed by atoms with Crippen molar-refractivity contribution in [2.75, 3.05) is 7.05 Å². The van der Waals surface area contributed by atoms with E-state index in [2.05, 4.69) is 5.32 Å². The van der Waals surface area contributed by atoms with Crippen molar-refractivity contribution in [3.63, 3.8) is 0 Å². The molecule has 0 bridgehead atoms. The molecule has 0 amide bonds. The van der Waals surface area contributed by atoms with Crippen molar-refractivity contribution in [3.8, 4) is 6.07 Å². The van der Waals surface area contributed by atoms with Crippen LogP contribution in [-0.2, 0) is 0 Å². The molecule has 0 saturated heterocycles. The van der Waals surface area contributed by atoms with Crippen molar-refractivity contribution in [3.05, 3.63) is 40.9 Å². The van der Waals surface area contributed by atoms with E-state index in [9.17, 15) is 0 Å². The molecule has 1 N–H and O–H groups in total. The van der Waals surface area contributed by atoms with Crippen molar-refractivity contribution >= 4 is 17.3 Å². The van der Waals surface area contributed by atoms with Crippen LogP contribution < -0.4 is 5.32 Å². The Morgan fingerprint density at radius 1 is 1.46 bits per heavy atom. The average Bonchev–Trinajstić information content (AvgIpc) is 2.16. The average molecular weight is 193 g/mol. The van der Waals surface area contributed by atoms with Gasteiger partial charge in [-0.15, -0.1) is 0 Å². The van der Waals surface area contributed by atoms with Crippen LogP contribution in [-0.4, -0.2) is 7.05 Å². The second kappa shape index (κ2) is 4.54. The molecule has 1 aromatic rings. The Morgan fingerprint density at radius 3 is 2.54 bits per heavy atom. The van der Waals surface area contributed by atoms with E-state index >= 15 is 0 Å². The molecule has 0 radical (unpaired) electrons. The summed E-state index contributed by atoms with van der Waals surface area (Å²) in [5, 5.41) is 12.1. The van der Waals surface area contributed by atoms with E-state index in [1.807, 2.05) is 18.2 Å². The van der Waals surface area contributed by atoms with Crippen LogP contribution in [0.3, 0.4) is 0 Å². The molecule has 1 rings (SSSR count). The summed E-state index contributed by atoms with van der Waals surface area (Å²) in [7, 11) is 1.78. The lowest BCUT2D eigenvalue weighted by Crippen LogP contribution is -2.03. The molecule has 0 aromatic heterocycles.